The molecular weight excluding hydrogens is 420 g/mol. The molecule has 1 atom stereocenters. The minimum absolute atomic E-state index is 0.0296. The standard InChI is InChI=1S/C27H29ClN2O2/c1-20(2)29-27(32)25(17-21-11-5-3-6-12-21)30(19-22-13-7-4-8-14-22)26(31)18-23-15-9-10-16-24(23)28/h3-16,20,25H,17-19H2,1-2H3,(H,29,32)/t25-/m1/s1. The molecule has 5 heteroatoms. The Bertz CT molecular complexity index is 1020. The highest BCUT2D eigenvalue weighted by Gasteiger charge is 2.30. The third-order valence-electron chi connectivity index (χ3n) is 5.20. The fraction of sp³-hybridized carbons (Fsp3) is 0.259. The van der Waals surface area contributed by atoms with E-state index < -0.39 is 6.04 Å². The maximum absolute atomic E-state index is 13.6. The first-order chi connectivity index (χ1) is 15.4. The lowest BCUT2D eigenvalue weighted by molar-refractivity contribution is -0.141. The summed E-state index contributed by atoms with van der Waals surface area (Å²) >= 11 is 6.32. The van der Waals surface area contributed by atoms with E-state index in [0.29, 0.717) is 18.0 Å². The summed E-state index contributed by atoms with van der Waals surface area (Å²) in [5, 5.41) is 3.55. The Kier molecular flexibility index (Phi) is 8.46. The molecule has 0 radical (unpaired) electrons. The van der Waals surface area contributed by atoms with Gasteiger partial charge < -0.3 is 10.2 Å². The summed E-state index contributed by atoms with van der Waals surface area (Å²) in [7, 11) is 0. The third-order valence-corrected chi connectivity index (χ3v) is 5.57. The second-order valence-electron chi connectivity index (χ2n) is 8.14. The molecule has 4 nitrogen and oxygen atoms in total. The van der Waals surface area contributed by atoms with Gasteiger partial charge in [0.15, 0.2) is 0 Å². The molecule has 3 aromatic carbocycles. The summed E-state index contributed by atoms with van der Waals surface area (Å²) in [4.78, 5) is 28.5. The maximum atomic E-state index is 13.6. The second kappa shape index (κ2) is 11.5. The summed E-state index contributed by atoms with van der Waals surface area (Å²) < 4.78 is 0. The number of carbonyl (C=O) groups excluding carboxylic acids is 2. The molecule has 0 aliphatic heterocycles. The van der Waals surface area contributed by atoms with Crippen molar-refractivity contribution < 1.29 is 9.59 Å². The fourth-order valence-electron chi connectivity index (χ4n) is 3.62. The molecular formula is C27H29ClN2O2. The van der Waals surface area contributed by atoms with Gasteiger partial charge in [0, 0.05) is 24.0 Å². The van der Waals surface area contributed by atoms with Crippen LogP contribution in [0, 0.1) is 0 Å². The van der Waals surface area contributed by atoms with Crippen molar-refractivity contribution in [3.8, 4) is 0 Å². The second-order valence-corrected chi connectivity index (χ2v) is 8.55. The number of carbonyl (C=O) groups is 2. The van der Waals surface area contributed by atoms with Crippen LogP contribution in [0.1, 0.15) is 30.5 Å². The zero-order valence-corrected chi connectivity index (χ0v) is 19.3. The van der Waals surface area contributed by atoms with Gasteiger partial charge in [0.1, 0.15) is 6.04 Å². The van der Waals surface area contributed by atoms with Gasteiger partial charge in [-0.05, 0) is 36.6 Å². The van der Waals surface area contributed by atoms with Gasteiger partial charge >= 0.3 is 0 Å². The number of halogens is 1. The van der Waals surface area contributed by atoms with Crippen molar-refractivity contribution in [1.29, 1.82) is 0 Å². The first-order valence-electron chi connectivity index (χ1n) is 10.8. The molecule has 0 unspecified atom stereocenters. The zero-order valence-electron chi connectivity index (χ0n) is 18.5. The zero-order chi connectivity index (χ0) is 22.9. The lowest BCUT2D eigenvalue weighted by Gasteiger charge is -2.32. The van der Waals surface area contributed by atoms with E-state index in [-0.39, 0.29) is 24.3 Å². The molecule has 0 heterocycles. The molecule has 0 spiro atoms. The summed E-state index contributed by atoms with van der Waals surface area (Å²) in [6, 6.07) is 26.2. The number of hydrogen-bond donors (Lipinski definition) is 1. The molecule has 0 bridgehead atoms. The van der Waals surface area contributed by atoms with E-state index in [0.717, 1.165) is 16.7 Å². The predicted octanol–water partition coefficient (Wildman–Crippen LogP) is 5.05. The average molecular weight is 449 g/mol. The van der Waals surface area contributed by atoms with Crippen LogP contribution in [-0.4, -0.2) is 28.8 Å². The van der Waals surface area contributed by atoms with Gasteiger partial charge in [-0.3, -0.25) is 9.59 Å². The highest BCUT2D eigenvalue weighted by atomic mass is 35.5. The number of hydrogen-bond acceptors (Lipinski definition) is 2. The van der Waals surface area contributed by atoms with Crippen molar-refractivity contribution in [3.63, 3.8) is 0 Å². The van der Waals surface area contributed by atoms with Gasteiger partial charge in [-0.15, -0.1) is 0 Å². The summed E-state index contributed by atoms with van der Waals surface area (Å²) in [5.74, 6) is -0.297. The van der Waals surface area contributed by atoms with E-state index in [2.05, 4.69) is 5.32 Å². The van der Waals surface area contributed by atoms with E-state index in [4.69, 9.17) is 11.6 Å². The monoisotopic (exact) mass is 448 g/mol. The van der Waals surface area contributed by atoms with Crippen molar-refractivity contribution in [2.24, 2.45) is 0 Å². The van der Waals surface area contributed by atoms with E-state index in [1.54, 1.807) is 11.0 Å². The molecule has 0 saturated heterocycles. The minimum Gasteiger partial charge on any atom is -0.352 e. The molecule has 2 amide bonds. The van der Waals surface area contributed by atoms with Gasteiger partial charge in [-0.25, -0.2) is 0 Å². The number of nitrogens with one attached hydrogen (secondary N) is 1. The van der Waals surface area contributed by atoms with E-state index in [1.165, 1.54) is 0 Å². The van der Waals surface area contributed by atoms with Gasteiger partial charge in [0.05, 0.1) is 6.42 Å². The largest absolute Gasteiger partial charge is 0.352 e. The summed E-state index contributed by atoms with van der Waals surface area (Å²) in [6.45, 7) is 4.18. The summed E-state index contributed by atoms with van der Waals surface area (Å²) in [6.07, 6.45) is 0.563. The number of amides is 2. The van der Waals surface area contributed by atoms with Crippen LogP contribution in [-0.2, 0) is 29.0 Å². The van der Waals surface area contributed by atoms with Gasteiger partial charge in [0.2, 0.25) is 11.8 Å². The minimum atomic E-state index is -0.644. The smallest absolute Gasteiger partial charge is 0.243 e. The first-order valence-corrected chi connectivity index (χ1v) is 11.2. The molecule has 0 fully saturated rings. The van der Waals surface area contributed by atoms with Crippen LogP contribution in [0.25, 0.3) is 0 Å². The normalized spacial score (nSPS) is 11.8. The molecule has 0 aliphatic carbocycles. The quantitative estimate of drug-likeness (QED) is 0.498. The van der Waals surface area contributed by atoms with Crippen molar-refractivity contribution >= 4 is 23.4 Å². The van der Waals surface area contributed by atoms with Crippen LogP contribution < -0.4 is 5.32 Å². The Hall–Kier alpha value is -3.11. The molecule has 1 N–H and O–H groups in total. The van der Waals surface area contributed by atoms with E-state index >= 15 is 0 Å². The Balaban J connectivity index is 1.96. The van der Waals surface area contributed by atoms with Gasteiger partial charge in [0.25, 0.3) is 0 Å². The maximum Gasteiger partial charge on any atom is 0.243 e. The molecule has 3 rings (SSSR count). The first kappa shape index (κ1) is 23.6. The van der Waals surface area contributed by atoms with Crippen LogP contribution in [0.4, 0.5) is 0 Å². The van der Waals surface area contributed by atoms with Gasteiger partial charge in [-0.1, -0.05) is 90.5 Å². The summed E-state index contributed by atoms with van der Waals surface area (Å²) in [5.41, 5.74) is 2.72. The van der Waals surface area contributed by atoms with E-state index in [9.17, 15) is 9.59 Å². The fourth-order valence-corrected chi connectivity index (χ4v) is 3.82. The van der Waals surface area contributed by atoms with Crippen LogP contribution in [0.15, 0.2) is 84.9 Å². The Morgan fingerprint density at radius 1 is 0.844 bits per heavy atom. The third kappa shape index (κ3) is 6.69. The molecule has 0 aliphatic rings. The predicted molar refractivity (Wildman–Crippen MR) is 129 cm³/mol. The van der Waals surface area contributed by atoms with Crippen molar-refractivity contribution in [2.45, 2.75) is 45.3 Å². The van der Waals surface area contributed by atoms with Crippen LogP contribution in [0.5, 0.6) is 0 Å². The number of rotatable bonds is 9. The van der Waals surface area contributed by atoms with Gasteiger partial charge in [-0.2, -0.15) is 0 Å². The highest BCUT2D eigenvalue weighted by Crippen LogP contribution is 2.20. The molecule has 0 saturated carbocycles. The molecule has 0 aromatic heterocycles. The molecule has 32 heavy (non-hydrogen) atoms. The highest BCUT2D eigenvalue weighted by molar-refractivity contribution is 6.31. The van der Waals surface area contributed by atoms with Crippen molar-refractivity contribution in [3.05, 3.63) is 107 Å². The Morgan fingerprint density at radius 3 is 2.00 bits per heavy atom. The van der Waals surface area contributed by atoms with E-state index in [1.807, 2.05) is 92.7 Å². The topological polar surface area (TPSA) is 49.4 Å². The SMILES string of the molecule is CC(C)NC(=O)[C@@H](Cc1ccccc1)N(Cc1ccccc1)C(=O)Cc1ccccc1Cl. The Morgan fingerprint density at radius 2 is 1.41 bits per heavy atom. The number of benzene rings is 3. The molecule has 166 valence electrons. The Labute approximate surface area is 195 Å². The lowest BCUT2D eigenvalue weighted by atomic mass is 10.0. The van der Waals surface area contributed by atoms with Crippen LogP contribution in [0.2, 0.25) is 5.02 Å². The number of nitrogens with zero attached hydrogens (tertiary/aromatic N) is 1. The lowest BCUT2D eigenvalue weighted by Crippen LogP contribution is -2.52. The van der Waals surface area contributed by atoms with Crippen LogP contribution >= 0.6 is 11.6 Å². The van der Waals surface area contributed by atoms with Crippen molar-refractivity contribution in [1.82, 2.24) is 10.2 Å². The molecule has 3 aromatic rings. The van der Waals surface area contributed by atoms with Crippen LogP contribution in [0.3, 0.4) is 0 Å². The van der Waals surface area contributed by atoms with Crippen molar-refractivity contribution in [2.75, 3.05) is 0 Å². The average Bonchev–Trinajstić information content (AvgIpc) is 2.78.